The van der Waals surface area contributed by atoms with Crippen LogP contribution < -0.4 is 5.32 Å². The maximum atomic E-state index is 13.0. The highest BCUT2D eigenvalue weighted by Crippen LogP contribution is 2.42. The van der Waals surface area contributed by atoms with Gasteiger partial charge in [-0.2, -0.15) is 0 Å². The molecule has 0 spiro atoms. The highest BCUT2D eigenvalue weighted by molar-refractivity contribution is 6.27. The molecule has 0 saturated carbocycles. The summed E-state index contributed by atoms with van der Waals surface area (Å²) in [5, 5.41) is 26.9. The standard InChI is InChI=1S/C18H16N2O4/c1-18(8-21,9-22)19-12-6-7-13-15-14(12)16(23)10-4-2-3-5-11(10)17(15)24-20-13/h2-7,19,21-22H,8-9H2,1H3. The fourth-order valence-corrected chi connectivity index (χ4v) is 3.03. The number of aromatic nitrogens is 1. The number of ketones is 1. The van der Waals surface area contributed by atoms with Crippen LogP contribution in [-0.4, -0.2) is 39.9 Å². The number of carbonyl (C=O) groups is 1. The highest BCUT2D eigenvalue weighted by Gasteiger charge is 2.33. The first-order valence-corrected chi connectivity index (χ1v) is 7.64. The molecular weight excluding hydrogens is 308 g/mol. The Morgan fingerprint density at radius 2 is 1.83 bits per heavy atom. The van der Waals surface area contributed by atoms with E-state index >= 15 is 0 Å². The van der Waals surface area contributed by atoms with Gasteiger partial charge in [0.1, 0.15) is 5.52 Å². The molecule has 0 radical (unpaired) electrons. The van der Waals surface area contributed by atoms with Crippen molar-refractivity contribution in [1.29, 1.82) is 0 Å². The van der Waals surface area contributed by atoms with Crippen LogP contribution in [0.2, 0.25) is 0 Å². The quantitative estimate of drug-likeness (QED) is 0.532. The molecule has 4 rings (SSSR count). The van der Waals surface area contributed by atoms with Crippen molar-refractivity contribution in [2.75, 3.05) is 18.5 Å². The van der Waals surface area contributed by atoms with Gasteiger partial charge in [-0.1, -0.05) is 29.4 Å². The van der Waals surface area contributed by atoms with E-state index in [1.807, 2.05) is 12.1 Å². The molecule has 0 atom stereocenters. The normalized spacial score (nSPS) is 13.2. The average Bonchev–Trinajstić information content (AvgIpc) is 3.05. The van der Waals surface area contributed by atoms with Gasteiger partial charge in [0, 0.05) is 16.8 Å². The lowest BCUT2D eigenvalue weighted by atomic mass is 9.86. The predicted molar refractivity (Wildman–Crippen MR) is 89.1 cm³/mol. The van der Waals surface area contributed by atoms with E-state index in [2.05, 4.69) is 10.5 Å². The van der Waals surface area contributed by atoms with Crippen molar-refractivity contribution < 1.29 is 19.5 Å². The first-order chi connectivity index (χ1) is 11.6. The van der Waals surface area contributed by atoms with E-state index in [-0.39, 0.29) is 19.0 Å². The molecule has 3 N–H and O–H groups in total. The summed E-state index contributed by atoms with van der Waals surface area (Å²) in [5.74, 6) is 0.432. The summed E-state index contributed by atoms with van der Waals surface area (Å²) >= 11 is 0. The molecule has 1 aliphatic carbocycles. The van der Waals surface area contributed by atoms with Gasteiger partial charge in [0.25, 0.3) is 0 Å². The molecule has 3 aromatic rings. The van der Waals surface area contributed by atoms with Crippen molar-refractivity contribution in [1.82, 2.24) is 5.16 Å². The zero-order chi connectivity index (χ0) is 16.9. The third-order valence-electron chi connectivity index (χ3n) is 4.42. The number of aliphatic hydroxyl groups excluding tert-OH is 2. The summed E-state index contributed by atoms with van der Waals surface area (Å²) < 4.78 is 5.48. The van der Waals surface area contributed by atoms with E-state index < -0.39 is 5.54 Å². The first kappa shape index (κ1) is 14.9. The molecule has 122 valence electrons. The summed E-state index contributed by atoms with van der Waals surface area (Å²) in [4.78, 5) is 13.0. The molecule has 0 amide bonds. The summed E-state index contributed by atoms with van der Waals surface area (Å²) in [7, 11) is 0. The molecule has 1 aliphatic rings. The number of nitrogens with one attached hydrogen (secondary N) is 1. The SMILES string of the molecule is CC(CO)(CO)Nc1ccc2noc3c2c1C(=O)c1ccccc1-3. The Morgan fingerprint density at radius 1 is 1.12 bits per heavy atom. The molecule has 0 aliphatic heterocycles. The number of anilines is 1. The fraction of sp³-hybridized carbons (Fsp3) is 0.222. The maximum Gasteiger partial charge on any atom is 0.196 e. The number of nitrogens with zero attached hydrogens (tertiary/aromatic N) is 1. The zero-order valence-electron chi connectivity index (χ0n) is 13.0. The second-order valence-electron chi connectivity index (χ2n) is 6.27. The molecule has 24 heavy (non-hydrogen) atoms. The van der Waals surface area contributed by atoms with E-state index in [9.17, 15) is 15.0 Å². The molecule has 2 aromatic carbocycles. The van der Waals surface area contributed by atoms with Gasteiger partial charge in [-0.3, -0.25) is 4.79 Å². The molecule has 6 heteroatoms. The van der Waals surface area contributed by atoms with Crippen LogP contribution in [0.1, 0.15) is 22.8 Å². The van der Waals surface area contributed by atoms with Crippen LogP contribution in [0, 0.1) is 0 Å². The number of rotatable bonds is 4. The topological polar surface area (TPSA) is 95.6 Å². The van der Waals surface area contributed by atoms with Crippen LogP contribution in [0.4, 0.5) is 5.69 Å². The number of fused-ring (bicyclic) bond motifs is 2. The van der Waals surface area contributed by atoms with E-state index in [1.54, 1.807) is 31.2 Å². The number of hydrogen-bond donors (Lipinski definition) is 3. The number of carbonyl (C=O) groups excluding carboxylic acids is 1. The van der Waals surface area contributed by atoms with Crippen LogP contribution in [0.15, 0.2) is 40.9 Å². The minimum absolute atomic E-state index is 0.132. The second-order valence-corrected chi connectivity index (χ2v) is 6.27. The second kappa shape index (κ2) is 5.15. The minimum atomic E-state index is -0.946. The van der Waals surface area contributed by atoms with Crippen molar-refractivity contribution in [2.24, 2.45) is 0 Å². The zero-order valence-corrected chi connectivity index (χ0v) is 13.0. The molecule has 0 saturated heterocycles. The highest BCUT2D eigenvalue weighted by atomic mass is 16.5. The summed E-state index contributed by atoms with van der Waals surface area (Å²) in [6, 6.07) is 10.7. The summed E-state index contributed by atoms with van der Waals surface area (Å²) in [6.07, 6.45) is 0. The third-order valence-corrected chi connectivity index (χ3v) is 4.42. The minimum Gasteiger partial charge on any atom is -0.394 e. The monoisotopic (exact) mass is 324 g/mol. The van der Waals surface area contributed by atoms with Gasteiger partial charge in [0.15, 0.2) is 11.5 Å². The van der Waals surface area contributed by atoms with Crippen molar-refractivity contribution in [3.8, 4) is 11.3 Å². The molecule has 0 unspecified atom stereocenters. The van der Waals surface area contributed by atoms with Gasteiger partial charge in [-0.25, -0.2) is 0 Å². The largest absolute Gasteiger partial charge is 0.394 e. The van der Waals surface area contributed by atoms with Crippen molar-refractivity contribution in [3.05, 3.63) is 47.5 Å². The average molecular weight is 324 g/mol. The molecule has 0 bridgehead atoms. The lowest BCUT2D eigenvalue weighted by Crippen LogP contribution is -2.43. The van der Waals surface area contributed by atoms with Gasteiger partial charge in [0.2, 0.25) is 0 Å². The van der Waals surface area contributed by atoms with Crippen molar-refractivity contribution >= 4 is 22.4 Å². The van der Waals surface area contributed by atoms with Gasteiger partial charge < -0.3 is 20.1 Å². The molecule has 1 heterocycles. The van der Waals surface area contributed by atoms with E-state index in [0.717, 1.165) is 5.56 Å². The summed E-state index contributed by atoms with van der Waals surface area (Å²) in [5.41, 5.74) is 1.92. The van der Waals surface area contributed by atoms with Gasteiger partial charge in [-0.15, -0.1) is 0 Å². The van der Waals surface area contributed by atoms with Crippen molar-refractivity contribution in [3.63, 3.8) is 0 Å². The van der Waals surface area contributed by atoms with Crippen LogP contribution in [0.5, 0.6) is 0 Å². The third kappa shape index (κ3) is 1.97. The number of hydrogen-bond acceptors (Lipinski definition) is 6. The van der Waals surface area contributed by atoms with Crippen molar-refractivity contribution in [2.45, 2.75) is 12.5 Å². The Morgan fingerprint density at radius 3 is 2.54 bits per heavy atom. The van der Waals surface area contributed by atoms with Gasteiger partial charge in [-0.05, 0) is 19.1 Å². The number of aliphatic hydroxyl groups is 2. The summed E-state index contributed by atoms with van der Waals surface area (Å²) in [6.45, 7) is 1.13. The van der Waals surface area contributed by atoms with E-state index in [1.165, 1.54) is 0 Å². The lowest BCUT2D eigenvalue weighted by Gasteiger charge is -2.29. The predicted octanol–water partition coefficient (Wildman–Crippen LogP) is 2.19. The van der Waals surface area contributed by atoms with E-state index in [4.69, 9.17) is 4.52 Å². The Labute approximate surface area is 137 Å². The van der Waals surface area contributed by atoms with Crippen LogP contribution >= 0.6 is 0 Å². The smallest absolute Gasteiger partial charge is 0.196 e. The Bertz CT molecular complexity index is 957. The van der Waals surface area contributed by atoms with Gasteiger partial charge >= 0.3 is 0 Å². The van der Waals surface area contributed by atoms with Gasteiger partial charge in [0.05, 0.1) is 29.7 Å². The maximum absolute atomic E-state index is 13.0. The Hall–Kier alpha value is -2.70. The molecular formula is C18H16N2O4. The Balaban J connectivity index is 1.99. The molecule has 6 nitrogen and oxygen atoms in total. The molecule has 0 fully saturated rings. The first-order valence-electron chi connectivity index (χ1n) is 7.64. The fourth-order valence-electron chi connectivity index (χ4n) is 3.03. The van der Waals surface area contributed by atoms with Crippen LogP contribution in [-0.2, 0) is 0 Å². The molecule has 1 aromatic heterocycles. The van der Waals surface area contributed by atoms with E-state index in [0.29, 0.717) is 33.5 Å². The van der Waals surface area contributed by atoms with Crippen LogP contribution in [0.25, 0.3) is 22.2 Å². The number of benzene rings is 2. The van der Waals surface area contributed by atoms with Crippen LogP contribution in [0.3, 0.4) is 0 Å². The lowest BCUT2D eigenvalue weighted by molar-refractivity contribution is 0.103. The Kier molecular flexibility index (Phi) is 3.19.